The first-order chi connectivity index (χ1) is 10.4. The number of Topliss-reactive ketones (excluding diaryl/α,β-unsaturated/α-hetero) is 1. The van der Waals surface area contributed by atoms with Gasteiger partial charge in [-0.25, -0.2) is 4.39 Å². The van der Waals surface area contributed by atoms with Gasteiger partial charge in [0.1, 0.15) is 5.82 Å². The molecule has 0 radical (unpaired) electrons. The zero-order valence-corrected chi connectivity index (χ0v) is 13.8. The van der Waals surface area contributed by atoms with E-state index in [9.17, 15) is 9.18 Å². The van der Waals surface area contributed by atoms with Gasteiger partial charge < -0.3 is 5.32 Å². The molecule has 1 N–H and O–H groups in total. The monoisotopic (exact) mass is 303 g/mol. The quantitative estimate of drug-likeness (QED) is 0.805. The highest BCUT2D eigenvalue weighted by molar-refractivity contribution is 5.96. The average molecular weight is 303 g/mol. The van der Waals surface area contributed by atoms with E-state index >= 15 is 0 Å². The second-order valence-corrected chi connectivity index (χ2v) is 6.88. The third-order valence-electron chi connectivity index (χ3n) is 5.06. The lowest BCUT2D eigenvalue weighted by atomic mass is 9.68. The molecule has 0 spiro atoms. The van der Waals surface area contributed by atoms with Crippen LogP contribution in [0, 0.1) is 17.2 Å². The third-order valence-corrected chi connectivity index (χ3v) is 5.06. The summed E-state index contributed by atoms with van der Waals surface area (Å²) in [5.41, 5.74) is 2.18. The molecule has 0 aromatic heterocycles. The summed E-state index contributed by atoms with van der Waals surface area (Å²) >= 11 is 0. The summed E-state index contributed by atoms with van der Waals surface area (Å²) in [5, 5.41) is 3.21. The van der Waals surface area contributed by atoms with Gasteiger partial charge in [0, 0.05) is 24.7 Å². The zero-order valence-electron chi connectivity index (χ0n) is 13.8. The molecule has 1 aliphatic rings. The van der Waals surface area contributed by atoms with Gasteiger partial charge in [0.2, 0.25) is 0 Å². The third kappa shape index (κ3) is 4.19. The standard InChI is InChI=1S/C19H26FNO/c1-4-19(2,3)16-7-10-18(22)15(11-16)13-21-12-14-5-8-17(20)9-6-14/h5-6,8-9,13,16,21H,4,7,10-12H2,1-3H3/b15-13+/t16-/m0/s1. The van der Waals surface area contributed by atoms with Gasteiger partial charge in [0.05, 0.1) is 0 Å². The van der Waals surface area contributed by atoms with Crippen LogP contribution in [0.1, 0.15) is 52.0 Å². The number of hydrogen-bond donors (Lipinski definition) is 1. The normalized spacial score (nSPS) is 21.2. The number of benzene rings is 1. The molecule has 0 heterocycles. The summed E-state index contributed by atoms with van der Waals surface area (Å²) in [4.78, 5) is 12.1. The summed E-state index contributed by atoms with van der Waals surface area (Å²) in [6.07, 6.45) is 5.50. The van der Waals surface area contributed by atoms with Crippen molar-refractivity contribution in [1.29, 1.82) is 0 Å². The van der Waals surface area contributed by atoms with Crippen molar-refractivity contribution in [2.24, 2.45) is 11.3 Å². The molecule has 0 aliphatic heterocycles. The number of carbonyl (C=O) groups excluding carboxylic acids is 1. The molecule has 1 aromatic rings. The first-order valence-electron chi connectivity index (χ1n) is 8.12. The Labute approximate surface area is 132 Å². The maximum Gasteiger partial charge on any atom is 0.160 e. The Balaban J connectivity index is 1.96. The fraction of sp³-hybridized carbons (Fsp3) is 0.526. The molecule has 3 heteroatoms. The predicted molar refractivity (Wildman–Crippen MR) is 87.7 cm³/mol. The van der Waals surface area contributed by atoms with Crippen molar-refractivity contribution < 1.29 is 9.18 Å². The molecular weight excluding hydrogens is 277 g/mol. The molecule has 2 nitrogen and oxygen atoms in total. The molecule has 0 saturated heterocycles. The van der Waals surface area contributed by atoms with Gasteiger partial charge in [-0.15, -0.1) is 0 Å². The largest absolute Gasteiger partial charge is 0.386 e. The number of carbonyl (C=O) groups is 1. The zero-order chi connectivity index (χ0) is 16.2. The van der Waals surface area contributed by atoms with Crippen molar-refractivity contribution in [3.05, 3.63) is 47.4 Å². The number of ketones is 1. The number of nitrogens with one attached hydrogen (secondary N) is 1. The maximum absolute atomic E-state index is 12.9. The number of allylic oxidation sites excluding steroid dienone is 1. The highest BCUT2D eigenvalue weighted by Crippen LogP contribution is 2.40. The second kappa shape index (κ2) is 7.08. The van der Waals surface area contributed by atoms with Crippen molar-refractivity contribution in [1.82, 2.24) is 5.32 Å². The Kier molecular flexibility index (Phi) is 5.38. The topological polar surface area (TPSA) is 29.1 Å². The Hall–Kier alpha value is -1.64. The lowest BCUT2D eigenvalue weighted by Gasteiger charge is -2.36. The Morgan fingerprint density at radius 1 is 1.32 bits per heavy atom. The second-order valence-electron chi connectivity index (χ2n) is 6.88. The van der Waals surface area contributed by atoms with Crippen LogP contribution in [0.5, 0.6) is 0 Å². The minimum Gasteiger partial charge on any atom is -0.386 e. The van der Waals surface area contributed by atoms with Gasteiger partial charge in [-0.05, 0) is 41.9 Å². The van der Waals surface area contributed by atoms with Crippen LogP contribution in [0.2, 0.25) is 0 Å². The van der Waals surface area contributed by atoms with E-state index in [1.165, 1.54) is 12.1 Å². The van der Waals surface area contributed by atoms with Gasteiger partial charge in [0.15, 0.2) is 5.78 Å². The molecule has 1 aliphatic carbocycles. The van der Waals surface area contributed by atoms with Crippen molar-refractivity contribution in [3.63, 3.8) is 0 Å². The fourth-order valence-corrected chi connectivity index (χ4v) is 2.94. The van der Waals surface area contributed by atoms with Crippen LogP contribution in [-0.4, -0.2) is 5.78 Å². The molecule has 1 atom stereocenters. The van der Waals surface area contributed by atoms with E-state index in [4.69, 9.17) is 0 Å². The van der Waals surface area contributed by atoms with Crippen molar-refractivity contribution in [3.8, 4) is 0 Å². The van der Waals surface area contributed by atoms with Crippen molar-refractivity contribution in [2.75, 3.05) is 0 Å². The van der Waals surface area contributed by atoms with Crippen LogP contribution >= 0.6 is 0 Å². The van der Waals surface area contributed by atoms with E-state index in [0.29, 0.717) is 18.9 Å². The van der Waals surface area contributed by atoms with Crippen LogP contribution in [0.15, 0.2) is 36.0 Å². The van der Waals surface area contributed by atoms with Crippen LogP contribution in [0.3, 0.4) is 0 Å². The molecule has 0 unspecified atom stereocenters. The van der Waals surface area contributed by atoms with E-state index in [1.807, 2.05) is 6.20 Å². The first-order valence-corrected chi connectivity index (χ1v) is 8.12. The number of hydrogen-bond acceptors (Lipinski definition) is 2. The average Bonchev–Trinajstić information content (AvgIpc) is 2.51. The van der Waals surface area contributed by atoms with Crippen LogP contribution in [0.4, 0.5) is 4.39 Å². The van der Waals surface area contributed by atoms with Crippen molar-refractivity contribution in [2.45, 2.75) is 53.0 Å². The predicted octanol–water partition coefficient (Wildman–Crippen LogP) is 4.60. The molecule has 0 amide bonds. The molecule has 0 bridgehead atoms. The van der Waals surface area contributed by atoms with E-state index in [2.05, 4.69) is 26.1 Å². The summed E-state index contributed by atoms with van der Waals surface area (Å²) in [6.45, 7) is 7.40. The summed E-state index contributed by atoms with van der Waals surface area (Å²) in [6, 6.07) is 6.42. The van der Waals surface area contributed by atoms with Gasteiger partial charge in [-0.3, -0.25) is 4.79 Å². The Bertz CT molecular complexity index is 545. The molecule has 1 fully saturated rings. The molecule has 2 rings (SSSR count). The van der Waals surface area contributed by atoms with Gasteiger partial charge >= 0.3 is 0 Å². The van der Waals surface area contributed by atoms with E-state index in [0.717, 1.165) is 30.4 Å². The lowest BCUT2D eigenvalue weighted by molar-refractivity contribution is -0.117. The minimum absolute atomic E-state index is 0.228. The maximum atomic E-state index is 12.9. The molecule has 1 saturated carbocycles. The molecule has 120 valence electrons. The number of rotatable bonds is 5. The summed E-state index contributed by atoms with van der Waals surface area (Å²) in [5.74, 6) is 0.595. The molecule has 22 heavy (non-hydrogen) atoms. The van der Waals surface area contributed by atoms with Gasteiger partial charge in [-0.2, -0.15) is 0 Å². The van der Waals surface area contributed by atoms with Gasteiger partial charge in [0.25, 0.3) is 0 Å². The van der Waals surface area contributed by atoms with Crippen LogP contribution < -0.4 is 5.32 Å². The lowest BCUT2D eigenvalue weighted by Crippen LogP contribution is -2.30. The number of halogens is 1. The minimum atomic E-state index is -0.228. The SMILES string of the molecule is CCC(C)(C)[C@H]1CCC(=O)/C(=C/NCc2ccc(F)cc2)C1. The highest BCUT2D eigenvalue weighted by atomic mass is 19.1. The smallest absolute Gasteiger partial charge is 0.160 e. The van der Waals surface area contributed by atoms with E-state index < -0.39 is 0 Å². The van der Waals surface area contributed by atoms with Crippen LogP contribution in [-0.2, 0) is 11.3 Å². The van der Waals surface area contributed by atoms with E-state index in [1.54, 1.807) is 12.1 Å². The van der Waals surface area contributed by atoms with Gasteiger partial charge in [-0.1, -0.05) is 39.3 Å². The fourth-order valence-electron chi connectivity index (χ4n) is 2.94. The van der Waals surface area contributed by atoms with E-state index in [-0.39, 0.29) is 17.0 Å². The van der Waals surface area contributed by atoms with Crippen LogP contribution in [0.25, 0.3) is 0 Å². The first kappa shape index (κ1) is 16.7. The highest BCUT2D eigenvalue weighted by Gasteiger charge is 2.33. The summed E-state index contributed by atoms with van der Waals surface area (Å²) in [7, 11) is 0. The summed E-state index contributed by atoms with van der Waals surface area (Å²) < 4.78 is 12.9. The Morgan fingerprint density at radius 2 is 2.00 bits per heavy atom. The van der Waals surface area contributed by atoms with Crippen molar-refractivity contribution >= 4 is 5.78 Å². The molecular formula is C19H26FNO. The Morgan fingerprint density at radius 3 is 2.64 bits per heavy atom. The molecule has 1 aromatic carbocycles.